The van der Waals surface area contributed by atoms with Crippen LogP contribution in [0.4, 0.5) is 0 Å². The molecule has 0 aliphatic carbocycles. The molecular weight excluding hydrogens is 396 g/mol. The van der Waals surface area contributed by atoms with Crippen molar-refractivity contribution in [3.63, 3.8) is 0 Å². The monoisotopic (exact) mass is 422 g/mol. The lowest BCUT2D eigenvalue weighted by molar-refractivity contribution is -0.169. The number of aliphatic hydroxyl groups is 2. The summed E-state index contributed by atoms with van der Waals surface area (Å²) in [5.74, 6) is 0.571. The van der Waals surface area contributed by atoms with Gasteiger partial charge in [-0.25, -0.2) is 0 Å². The topological polar surface area (TPSA) is 58.9 Å². The van der Waals surface area contributed by atoms with Gasteiger partial charge in [0.05, 0.1) is 18.8 Å². The van der Waals surface area contributed by atoms with Gasteiger partial charge in [-0.05, 0) is 54.5 Å². The third-order valence-electron chi connectivity index (χ3n) is 5.21. The van der Waals surface area contributed by atoms with Crippen LogP contribution in [0, 0.1) is 5.92 Å². The average molecular weight is 423 g/mol. The van der Waals surface area contributed by atoms with Crippen molar-refractivity contribution in [1.29, 1.82) is 0 Å². The Morgan fingerprint density at radius 3 is 2.46 bits per heavy atom. The molecule has 1 aliphatic heterocycles. The fourth-order valence-corrected chi connectivity index (χ4v) is 4.44. The Kier molecular flexibility index (Phi) is 7.29. The maximum atomic E-state index is 10.7. The fraction of sp³-hybridized carbons (Fsp3) is 0.455. The van der Waals surface area contributed by atoms with Crippen LogP contribution in [0.15, 0.2) is 42.5 Å². The van der Waals surface area contributed by atoms with E-state index in [1.165, 1.54) is 11.8 Å². The number of halogens is 1. The van der Waals surface area contributed by atoms with Crippen LogP contribution < -0.4 is 4.74 Å². The second-order valence-corrected chi connectivity index (χ2v) is 8.45. The van der Waals surface area contributed by atoms with Gasteiger partial charge in [-0.3, -0.25) is 0 Å². The predicted octanol–water partition coefficient (Wildman–Crippen LogP) is 4.45. The molecule has 0 spiro atoms. The summed E-state index contributed by atoms with van der Waals surface area (Å²) in [7, 11) is 0. The molecule has 5 atom stereocenters. The van der Waals surface area contributed by atoms with Crippen molar-refractivity contribution in [1.82, 2.24) is 0 Å². The molecule has 0 aromatic heterocycles. The minimum Gasteiger partial charge on any atom is -0.494 e. The Hall–Kier alpha value is -1.24. The van der Waals surface area contributed by atoms with Crippen molar-refractivity contribution < 1.29 is 19.7 Å². The fourth-order valence-electron chi connectivity index (χ4n) is 3.50. The van der Waals surface area contributed by atoms with E-state index in [9.17, 15) is 10.2 Å². The molecule has 4 nitrogen and oxygen atoms in total. The second-order valence-electron chi connectivity index (χ2n) is 7.11. The highest BCUT2D eigenvalue weighted by atomic mass is 35.5. The SMILES string of the molecule is CCOc1ccc(Cc2cc(C3O[C@H](SC)[C@@H](O)[C@H](C)[C@H]3O)ccc2Cl)cc1. The van der Waals surface area contributed by atoms with E-state index in [0.717, 1.165) is 22.4 Å². The van der Waals surface area contributed by atoms with Crippen molar-refractivity contribution in [3.8, 4) is 5.75 Å². The van der Waals surface area contributed by atoms with E-state index in [-0.39, 0.29) is 11.4 Å². The summed E-state index contributed by atoms with van der Waals surface area (Å²) in [6.45, 7) is 4.45. The molecule has 1 fully saturated rings. The van der Waals surface area contributed by atoms with Crippen LogP contribution in [0.2, 0.25) is 5.02 Å². The zero-order valence-electron chi connectivity index (χ0n) is 16.3. The van der Waals surface area contributed by atoms with E-state index >= 15 is 0 Å². The van der Waals surface area contributed by atoms with Crippen LogP contribution in [-0.4, -0.2) is 40.7 Å². The van der Waals surface area contributed by atoms with E-state index < -0.39 is 18.3 Å². The maximum Gasteiger partial charge on any atom is 0.130 e. The number of thioether (sulfide) groups is 1. The third kappa shape index (κ3) is 4.66. The largest absolute Gasteiger partial charge is 0.494 e. The van der Waals surface area contributed by atoms with Crippen LogP contribution in [0.5, 0.6) is 5.75 Å². The summed E-state index contributed by atoms with van der Waals surface area (Å²) < 4.78 is 11.5. The lowest BCUT2D eigenvalue weighted by Crippen LogP contribution is -2.48. The molecule has 3 rings (SSSR count). The number of hydrogen-bond acceptors (Lipinski definition) is 5. The zero-order valence-corrected chi connectivity index (χ0v) is 17.9. The van der Waals surface area contributed by atoms with Gasteiger partial charge in [0.15, 0.2) is 0 Å². The van der Waals surface area contributed by atoms with Gasteiger partial charge in [0.2, 0.25) is 0 Å². The molecule has 0 radical (unpaired) electrons. The Bertz CT molecular complexity index is 781. The molecule has 2 aromatic carbocycles. The van der Waals surface area contributed by atoms with Crippen LogP contribution in [0.1, 0.15) is 36.6 Å². The molecule has 2 N–H and O–H groups in total. The Morgan fingerprint density at radius 2 is 1.82 bits per heavy atom. The van der Waals surface area contributed by atoms with Crippen molar-refractivity contribution in [2.45, 2.75) is 44.0 Å². The smallest absolute Gasteiger partial charge is 0.130 e. The first-order chi connectivity index (χ1) is 13.4. The van der Waals surface area contributed by atoms with Crippen LogP contribution in [-0.2, 0) is 11.2 Å². The quantitative estimate of drug-likeness (QED) is 0.720. The summed E-state index contributed by atoms with van der Waals surface area (Å²) in [6, 6.07) is 13.7. The first-order valence-electron chi connectivity index (χ1n) is 9.49. The molecule has 6 heteroatoms. The van der Waals surface area contributed by atoms with Gasteiger partial charge in [0.1, 0.15) is 17.3 Å². The predicted molar refractivity (Wildman–Crippen MR) is 114 cm³/mol. The highest BCUT2D eigenvalue weighted by Crippen LogP contribution is 2.39. The second kappa shape index (κ2) is 9.51. The first kappa shape index (κ1) is 21.5. The van der Waals surface area contributed by atoms with Crippen LogP contribution in [0.25, 0.3) is 0 Å². The summed E-state index contributed by atoms with van der Waals surface area (Å²) in [6.07, 6.45) is 0.600. The van der Waals surface area contributed by atoms with Crippen molar-refractivity contribution >= 4 is 23.4 Å². The van der Waals surface area contributed by atoms with E-state index in [2.05, 4.69) is 0 Å². The van der Waals surface area contributed by atoms with Gasteiger partial charge in [0, 0.05) is 10.9 Å². The molecule has 1 aliphatic rings. The van der Waals surface area contributed by atoms with E-state index in [1.807, 2.05) is 62.6 Å². The summed E-state index contributed by atoms with van der Waals surface area (Å²) in [5.41, 5.74) is 2.60. The average Bonchev–Trinajstić information content (AvgIpc) is 2.70. The molecule has 0 amide bonds. The molecule has 152 valence electrons. The maximum absolute atomic E-state index is 10.7. The molecule has 2 aromatic rings. The summed E-state index contributed by atoms with van der Waals surface area (Å²) >= 11 is 7.89. The molecule has 28 heavy (non-hydrogen) atoms. The minimum atomic E-state index is -0.780. The molecule has 1 unspecified atom stereocenters. The third-order valence-corrected chi connectivity index (χ3v) is 6.43. The lowest BCUT2D eigenvalue weighted by Gasteiger charge is -2.41. The molecular formula is C22H27ClO4S. The van der Waals surface area contributed by atoms with Crippen LogP contribution in [0.3, 0.4) is 0 Å². The molecule has 0 bridgehead atoms. The number of aliphatic hydroxyl groups excluding tert-OH is 2. The van der Waals surface area contributed by atoms with Crippen molar-refractivity contribution in [3.05, 3.63) is 64.2 Å². The van der Waals surface area contributed by atoms with Crippen molar-refractivity contribution in [2.24, 2.45) is 5.92 Å². The van der Waals surface area contributed by atoms with E-state index in [4.69, 9.17) is 21.1 Å². The first-order valence-corrected chi connectivity index (χ1v) is 11.2. The van der Waals surface area contributed by atoms with Gasteiger partial charge in [0.25, 0.3) is 0 Å². The van der Waals surface area contributed by atoms with E-state index in [1.54, 1.807) is 0 Å². The van der Waals surface area contributed by atoms with Gasteiger partial charge in [-0.15, -0.1) is 11.8 Å². The number of ether oxygens (including phenoxy) is 2. The summed E-state index contributed by atoms with van der Waals surface area (Å²) in [4.78, 5) is 0. The number of benzene rings is 2. The minimum absolute atomic E-state index is 0.276. The van der Waals surface area contributed by atoms with Gasteiger partial charge >= 0.3 is 0 Å². The van der Waals surface area contributed by atoms with Gasteiger partial charge in [-0.1, -0.05) is 42.8 Å². The Labute approximate surface area is 175 Å². The Morgan fingerprint density at radius 1 is 1.11 bits per heavy atom. The zero-order chi connectivity index (χ0) is 20.3. The number of hydrogen-bond donors (Lipinski definition) is 2. The number of rotatable bonds is 6. The molecule has 1 saturated heterocycles. The standard InChI is InChI=1S/C22H27ClO4S/c1-4-26-17-8-5-14(6-9-17)11-16-12-15(7-10-18(16)23)21-19(24)13(2)20(25)22(27-21)28-3/h5-10,12-13,19-22,24-25H,4,11H2,1-3H3/t13-,19-,20+,21?,22-/m1/s1. The lowest BCUT2D eigenvalue weighted by atomic mass is 9.87. The van der Waals surface area contributed by atoms with Crippen molar-refractivity contribution in [2.75, 3.05) is 12.9 Å². The molecule has 1 heterocycles. The normalized spacial score (nSPS) is 27.6. The highest BCUT2D eigenvalue weighted by molar-refractivity contribution is 7.99. The Balaban J connectivity index is 1.82. The molecule has 0 saturated carbocycles. The van der Waals surface area contributed by atoms with Crippen LogP contribution >= 0.6 is 23.4 Å². The van der Waals surface area contributed by atoms with E-state index in [0.29, 0.717) is 18.1 Å². The highest BCUT2D eigenvalue weighted by Gasteiger charge is 2.42. The van der Waals surface area contributed by atoms with Gasteiger partial charge in [-0.2, -0.15) is 0 Å². The summed E-state index contributed by atoms with van der Waals surface area (Å²) in [5, 5.41) is 21.6. The van der Waals surface area contributed by atoms with Gasteiger partial charge < -0.3 is 19.7 Å².